The van der Waals surface area contributed by atoms with Gasteiger partial charge in [-0.1, -0.05) is 30.3 Å². The molecule has 0 fully saturated rings. The molecule has 1 aromatic carbocycles. The molecule has 0 bridgehead atoms. The van der Waals surface area contributed by atoms with Gasteiger partial charge in [0.2, 0.25) is 0 Å². The van der Waals surface area contributed by atoms with Crippen LogP contribution in [0.5, 0.6) is 0 Å². The van der Waals surface area contributed by atoms with E-state index >= 15 is 0 Å². The number of benzene rings is 1. The maximum atomic E-state index is 12.1. The van der Waals surface area contributed by atoms with Gasteiger partial charge in [0.25, 0.3) is 5.91 Å². The molecule has 0 spiro atoms. The van der Waals surface area contributed by atoms with E-state index in [0.717, 1.165) is 11.3 Å². The first-order valence-electron chi connectivity index (χ1n) is 6.26. The predicted octanol–water partition coefficient (Wildman–Crippen LogP) is 1.77. The van der Waals surface area contributed by atoms with E-state index in [1.54, 1.807) is 10.9 Å². The van der Waals surface area contributed by atoms with Crippen molar-refractivity contribution in [2.45, 2.75) is 13.5 Å². The van der Waals surface area contributed by atoms with E-state index in [-0.39, 0.29) is 5.91 Å². The SMILES string of the molecule is CCn1ncc2c1C(=O)NCC(c1ccccc1)=N2. The molecule has 0 radical (unpaired) electrons. The van der Waals surface area contributed by atoms with Crippen molar-refractivity contribution in [3.05, 3.63) is 47.8 Å². The van der Waals surface area contributed by atoms with Crippen LogP contribution in [0.3, 0.4) is 0 Å². The van der Waals surface area contributed by atoms with Gasteiger partial charge in [0.15, 0.2) is 5.69 Å². The fraction of sp³-hybridized carbons (Fsp3) is 0.214. The van der Waals surface area contributed by atoms with Gasteiger partial charge in [-0.2, -0.15) is 5.10 Å². The number of nitrogens with one attached hydrogen (secondary N) is 1. The molecular formula is C14H14N4O. The number of rotatable bonds is 2. The van der Waals surface area contributed by atoms with Crippen molar-refractivity contribution in [1.82, 2.24) is 15.1 Å². The summed E-state index contributed by atoms with van der Waals surface area (Å²) in [5.74, 6) is -0.121. The Hall–Kier alpha value is -2.43. The smallest absolute Gasteiger partial charge is 0.272 e. The summed E-state index contributed by atoms with van der Waals surface area (Å²) >= 11 is 0. The minimum Gasteiger partial charge on any atom is -0.345 e. The minimum absolute atomic E-state index is 0.121. The van der Waals surface area contributed by atoms with E-state index in [9.17, 15) is 4.79 Å². The largest absolute Gasteiger partial charge is 0.345 e. The number of hydrogen-bond donors (Lipinski definition) is 1. The first kappa shape index (κ1) is 11.6. The Labute approximate surface area is 111 Å². The summed E-state index contributed by atoms with van der Waals surface area (Å²) in [4.78, 5) is 16.7. The van der Waals surface area contributed by atoms with E-state index in [4.69, 9.17) is 0 Å². The molecule has 1 aliphatic heterocycles. The second-order valence-electron chi connectivity index (χ2n) is 4.30. The number of carbonyl (C=O) groups is 1. The van der Waals surface area contributed by atoms with Crippen LogP contribution in [0.1, 0.15) is 23.0 Å². The van der Waals surface area contributed by atoms with Crippen molar-refractivity contribution in [3.63, 3.8) is 0 Å². The second-order valence-corrected chi connectivity index (χ2v) is 4.30. The molecule has 0 aliphatic carbocycles. The van der Waals surface area contributed by atoms with Crippen molar-refractivity contribution >= 4 is 17.3 Å². The van der Waals surface area contributed by atoms with E-state index in [2.05, 4.69) is 15.4 Å². The normalized spacial score (nSPS) is 14.4. The van der Waals surface area contributed by atoms with Crippen molar-refractivity contribution < 1.29 is 4.79 Å². The lowest BCUT2D eigenvalue weighted by Gasteiger charge is -2.05. The molecule has 19 heavy (non-hydrogen) atoms. The number of amides is 1. The van der Waals surface area contributed by atoms with Crippen molar-refractivity contribution in [1.29, 1.82) is 0 Å². The molecule has 96 valence electrons. The van der Waals surface area contributed by atoms with E-state index in [1.165, 1.54) is 0 Å². The zero-order valence-corrected chi connectivity index (χ0v) is 10.6. The lowest BCUT2D eigenvalue weighted by Crippen LogP contribution is -2.29. The monoisotopic (exact) mass is 254 g/mol. The molecule has 2 heterocycles. The number of carbonyl (C=O) groups excluding carboxylic acids is 1. The molecule has 0 atom stereocenters. The third kappa shape index (κ3) is 2.03. The van der Waals surface area contributed by atoms with Crippen molar-refractivity contribution in [2.75, 3.05) is 6.54 Å². The van der Waals surface area contributed by atoms with E-state index in [1.807, 2.05) is 37.3 Å². The minimum atomic E-state index is -0.121. The van der Waals surface area contributed by atoms with Crippen LogP contribution >= 0.6 is 0 Å². The van der Waals surface area contributed by atoms with Crippen LogP contribution in [0.15, 0.2) is 41.5 Å². The Morgan fingerprint density at radius 1 is 1.32 bits per heavy atom. The lowest BCUT2D eigenvalue weighted by atomic mass is 10.1. The third-order valence-electron chi connectivity index (χ3n) is 3.11. The second kappa shape index (κ2) is 4.68. The first-order chi connectivity index (χ1) is 9.29. The van der Waals surface area contributed by atoms with Gasteiger partial charge in [-0.15, -0.1) is 0 Å². The summed E-state index contributed by atoms with van der Waals surface area (Å²) in [6, 6.07) is 9.85. The highest BCUT2D eigenvalue weighted by Crippen LogP contribution is 2.22. The standard InChI is InChI=1S/C14H14N4O/c1-2-18-13-12(9-16-18)17-11(8-15-14(13)19)10-6-4-3-5-7-10/h3-7,9H,2,8H2,1H3,(H,15,19). The Morgan fingerprint density at radius 2 is 2.11 bits per heavy atom. The fourth-order valence-electron chi connectivity index (χ4n) is 2.16. The Morgan fingerprint density at radius 3 is 2.84 bits per heavy atom. The number of aliphatic imine (C=N–C) groups is 1. The lowest BCUT2D eigenvalue weighted by molar-refractivity contribution is 0.0950. The fourth-order valence-corrected chi connectivity index (χ4v) is 2.16. The highest BCUT2D eigenvalue weighted by atomic mass is 16.2. The molecule has 0 saturated heterocycles. The Kier molecular flexibility index (Phi) is 2.87. The molecular weight excluding hydrogens is 240 g/mol. The van der Waals surface area contributed by atoms with Gasteiger partial charge in [0.1, 0.15) is 5.69 Å². The topological polar surface area (TPSA) is 59.3 Å². The maximum Gasteiger partial charge on any atom is 0.272 e. The molecule has 1 N–H and O–H groups in total. The molecule has 1 amide bonds. The first-order valence-corrected chi connectivity index (χ1v) is 6.26. The Bertz CT molecular complexity index is 643. The van der Waals surface area contributed by atoms with Gasteiger partial charge in [0.05, 0.1) is 18.5 Å². The van der Waals surface area contributed by atoms with Gasteiger partial charge in [-0.05, 0) is 12.5 Å². The highest BCUT2D eigenvalue weighted by Gasteiger charge is 2.22. The average Bonchev–Trinajstić information content (AvgIpc) is 2.79. The molecule has 0 unspecified atom stereocenters. The van der Waals surface area contributed by atoms with Crippen LogP contribution in [0.2, 0.25) is 0 Å². The van der Waals surface area contributed by atoms with Crippen LogP contribution in [-0.2, 0) is 6.54 Å². The summed E-state index contributed by atoms with van der Waals surface area (Å²) < 4.78 is 1.67. The predicted molar refractivity (Wildman–Crippen MR) is 72.9 cm³/mol. The summed E-state index contributed by atoms with van der Waals surface area (Å²) in [5, 5.41) is 7.06. The quantitative estimate of drug-likeness (QED) is 0.887. The summed E-state index contributed by atoms with van der Waals surface area (Å²) in [6.07, 6.45) is 1.65. The van der Waals surface area contributed by atoms with Crippen molar-refractivity contribution in [3.8, 4) is 0 Å². The maximum absolute atomic E-state index is 12.1. The van der Waals surface area contributed by atoms with Gasteiger partial charge >= 0.3 is 0 Å². The van der Waals surface area contributed by atoms with Crippen LogP contribution in [0.25, 0.3) is 0 Å². The average molecular weight is 254 g/mol. The van der Waals surface area contributed by atoms with Gasteiger partial charge in [-0.25, -0.2) is 4.99 Å². The van der Waals surface area contributed by atoms with Gasteiger partial charge in [-0.3, -0.25) is 9.48 Å². The number of fused-ring (bicyclic) bond motifs is 1. The van der Waals surface area contributed by atoms with Crippen LogP contribution in [0.4, 0.5) is 5.69 Å². The molecule has 5 nitrogen and oxygen atoms in total. The van der Waals surface area contributed by atoms with E-state index in [0.29, 0.717) is 24.5 Å². The zero-order valence-electron chi connectivity index (χ0n) is 10.6. The van der Waals surface area contributed by atoms with Crippen molar-refractivity contribution in [2.24, 2.45) is 4.99 Å². The Balaban J connectivity index is 2.09. The van der Waals surface area contributed by atoms with Crippen LogP contribution in [0, 0.1) is 0 Å². The van der Waals surface area contributed by atoms with Gasteiger partial charge < -0.3 is 5.32 Å². The molecule has 1 aliphatic rings. The number of aryl methyl sites for hydroxylation is 1. The zero-order chi connectivity index (χ0) is 13.2. The molecule has 1 aromatic heterocycles. The molecule has 2 aromatic rings. The molecule has 5 heteroatoms. The number of hydrogen-bond acceptors (Lipinski definition) is 3. The third-order valence-corrected chi connectivity index (χ3v) is 3.11. The van der Waals surface area contributed by atoms with Crippen LogP contribution < -0.4 is 5.32 Å². The highest BCUT2D eigenvalue weighted by molar-refractivity contribution is 6.09. The molecule has 3 rings (SSSR count). The van der Waals surface area contributed by atoms with E-state index < -0.39 is 0 Å². The number of aromatic nitrogens is 2. The molecule has 0 saturated carbocycles. The van der Waals surface area contributed by atoms with Crippen LogP contribution in [-0.4, -0.2) is 27.9 Å². The summed E-state index contributed by atoms with van der Waals surface area (Å²) in [7, 11) is 0. The summed E-state index contributed by atoms with van der Waals surface area (Å²) in [6.45, 7) is 3.04. The number of nitrogens with zero attached hydrogens (tertiary/aromatic N) is 3. The van der Waals surface area contributed by atoms with Gasteiger partial charge in [0, 0.05) is 6.54 Å². The summed E-state index contributed by atoms with van der Waals surface area (Å²) in [5.41, 5.74) is 3.03.